The lowest BCUT2D eigenvalue weighted by atomic mass is 10.1. The summed E-state index contributed by atoms with van der Waals surface area (Å²) in [6, 6.07) is 13.4. The average Bonchev–Trinajstić information content (AvgIpc) is 2.96. The van der Waals surface area contributed by atoms with Gasteiger partial charge in [-0.05, 0) is 54.8 Å². The van der Waals surface area contributed by atoms with Crippen LogP contribution in [-0.2, 0) is 14.8 Å². The summed E-state index contributed by atoms with van der Waals surface area (Å²) in [4.78, 5) is 19.5. The van der Waals surface area contributed by atoms with Crippen LogP contribution in [0.25, 0.3) is 0 Å². The van der Waals surface area contributed by atoms with Gasteiger partial charge in [-0.2, -0.15) is 11.8 Å². The third kappa shape index (κ3) is 4.91. The zero-order valence-electron chi connectivity index (χ0n) is 16.5. The molecule has 3 rings (SSSR count). The first kappa shape index (κ1) is 21.2. The van der Waals surface area contributed by atoms with Crippen molar-refractivity contribution in [2.24, 2.45) is 4.99 Å². The van der Waals surface area contributed by atoms with E-state index >= 15 is 0 Å². The van der Waals surface area contributed by atoms with Crippen molar-refractivity contribution >= 4 is 44.9 Å². The van der Waals surface area contributed by atoms with E-state index in [1.807, 2.05) is 49.5 Å². The highest BCUT2D eigenvalue weighted by atomic mass is 32.2. The molecule has 7 nitrogen and oxygen atoms in total. The van der Waals surface area contributed by atoms with Crippen LogP contribution in [0.4, 0.5) is 11.4 Å². The molecule has 2 aromatic carbocycles. The van der Waals surface area contributed by atoms with Crippen LogP contribution in [0.2, 0.25) is 0 Å². The zero-order valence-corrected chi connectivity index (χ0v) is 18.2. The molecular weight excluding hydrogens is 408 g/mol. The van der Waals surface area contributed by atoms with Crippen LogP contribution in [0.5, 0.6) is 0 Å². The lowest BCUT2D eigenvalue weighted by Crippen LogP contribution is -2.31. The van der Waals surface area contributed by atoms with E-state index in [-0.39, 0.29) is 16.6 Å². The fourth-order valence-electron chi connectivity index (χ4n) is 2.94. The minimum atomic E-state index is -3.64. The number of hydrogen-bond acceptors (Lipinski definition) is 6. The molecule has 0 saturated heterocycles. The van der Waals surface area contributed by atoms with Gasteiger partial charge in [0.15, 0.2) is 0 Å². The van der Waals surface area contributed by atoms with Crippen molar-refractivity contribution in [2.45, 2.75) is 17.4 Å². The molecule has 1 heterocycles. The van der Waals surface area contributed by atoms with Crippen LogP contribution in [0.3, 0.4) is 0 Å². The number of carbonyl (C=O) groups excluding carboxylic acids is 1. The molecule has 0 bridgehead atoms. The van der Waals surface area contributed by atoms with Crippen LogP contribution in [0.1, 0.15) is 12.0 Å². The topological polar surface area (TPSA) is 90.9 Å². The largest absolute Gasteiger partial charge is 0.378 e. The fraction of sp³-hybridized carbons (Fsp3) is 0.300. The summed E-state index contributed by atoms with van der Waals surface area (Å²) in [5.41, 5.74) is 2.19. The smallest absolute Gasteiger partial charge is 0.263 e. The fourth-order valence-corrected chi connectivity index (χ4v) is 4.64. The number of rotatable bonds is 7. The molecule has 0 spiro atoms. The summed E-state index contributed by atoms with van der Waals surface area (Å²) in [6.45, 7) is 0. The number of thioether (sulfide) groups is 1. The van der Waals surface area contributed by atoms with E-state index in [2.05, 4.69) is 15.0 Å². The van der Waals surface area contributed by atoms with Crippen molar-refractivity contribution < 1.29 is 13.2 Å². The Bertz CT molecular complexity index is 1020. The number of hydrogen-bond donors (Lipinski definition) is 2. The highest BCUT2D eigenvalue weighted by molar-refractivity contribution is 7.98. The van der Waals surface area contributed by atoms with E-state index in [1.165, 1.54) is 6.07 Å². The highest BCUT2D eigenvalue weighted by Crippen LogP contribution is 2.23. The van der Waals surface area contributed by atoms with E-state index in [0.29, 0.717) is 17.7 Å². The molecule has 9 heteroatoms. The highest BCUT2D eigenvalue weighted by Gasteiger charge is 2.31. The molecule has 0 fully saturated rings. The van der Waals surface area contributed by atoms with Gasteiger partial charge in [-0.25, -0.2) is 8.42 Å². The van der Waals surface area contributed by atoms with Crippen LogP contribution in [0, 0.1) is 0 Å². The second kappa shape index (κ2) is 8.87. The third-order valence-electron chi connectivity index (χ3n) is 4.50. The van der Waals surface area contributed by atoms with Gasteiger partial charge in [-0.15, -0.1) is 0 Å². The van der Waals surface area contributed by atoms with Crippen molar-refractivity contribution in [3.05, 3.63) is 54.1 Å². The SMILES string of the molecule is CSCCC(N=C1NS(=O)(=O)c2ccccc21)C(=O)Nc1ccc(N(C)C)cc1. The lowest BCUT2D eigenvalue weighted by molar-refractivity contribution is -0.117. The standard InChI is InChI=1S/C20H24N4O3S2/c1-24(2)15-10-8-14(9-11-15)21-20(25)17(12-13-28-3)22-19-16-6-4-5-7-18(16)29(26,27)23-19/h4-11,17H,12-13H2,1-3H3,(H,21,25)(H,22,23). The van der Waals surface area contributed by atoms with Crippen molar-refractivity contribution in [3.63, 3.8) is 0 Å². The van der Waals surface area contributed by atoms with Crippen molar-refractivity contribution in [1.82, 2.24) is 4.72 Å². The van der Waals surface area contributed by atoms with Gasteiger partial charge in [-0.3, -0.25) is 14.5 Å². The molecule has 1 aliphatic heterocycles. The number of sulfonamides is 1. The molecule has 0 aliphatic carbocycles. The number of nitrogens with zero attached hydrogens (tertiary/aromatic N) is 2. The maximum absolute atomic E-state index is 12.9. The predicted molar refractivity (Wildman–Crippen MR) is 119 cm³/mol. The van der Waals surface area contributed by atoms with Gasteiger partial charge in [0.25, 0.3) is 10.0 Å². The number of benzene rings is 2. The van der Waals surface area contributed by atoms with Gasteiger partial charge < -0.3 is 10.2 Å². The van der Waals surface area contributed by atoms with Gasteiger partial charge in [0.1, 0.15) is 11.9 Å². The Morgan fingerprint density at radius 1 is 1.17 bits per heavy atom. The molecule has 29 heavy (non-hydrogen) atoms. The Labute approximate surface area is 175 Å². The Hall–Kier alpha value is -2.52. The van der Waals surface area contributed by atoms with E-state index in [1.54, 1.807) is 30.0 Å². The van der Waals surface area contributed by atoms with Gasteiger partial charge in [-0.1, -0.05) is 12.1 Å². The second-order valence-corrected chi connectivity index (χ2v) is 9.44. The molecule has 1 aliphatic rings. The van der Waals surface area contributed by atoms with Crippen LogP contribution in [0.15, 0.2) is 58.4 Å². The first-order chi connectivity index (χ1) is 13.8. The predicted octanol–water partition coefficient (Wildman–Crippen LogP) is 2.55. The van der Waals surface area contributed by atoms with E-state index < -0.39 is 16.1 Å². The number of anilines is 2. The van der Waals surface area contributed by atoms with Crippen molar-refractivity contribution in [3.8, 4) is 0 Å². The average molecular weight is 433 g/mol. The maximum Gasteiger partial charge on any atom is 0.263 e. The molecule has 154 valence electrons. The molecular formula is C20H24N4O3S2. The molecule has 0 aromatic heterocycles. The second-order valence-electron chi connectivity index (χ2n) is 6.81. The van der Waals surface area contributed by atoms with Gasteiger partial charge in [0, 0.05) is 31.0 Å². The van der Waals surface area contributed by atoms with Crippen LogP contribution in [-0.4, -0.2) is 52.3 Å². The number of amides is 1. The van der Waals surface area contributed by atoms with Crippen LogP contribution < -0.4 is 14.9 Å². The summed E-state index contributed by atoms with van der Waals surface area (Å²) in [5, 5.41) is 2.88. The molecule has 0 saturated carbocycles. The van der Waals surface area contributed by atoms with Gasteiger partial charge >= 0.3 is 0 Å². The van der Waals surface area contributed by atoms with Crippen LogP contribution >= 0.6 is 11.8 Å². The van der Waals surface area contributed by atoms with E-state index in [4.69, 9.17) is 0 Å². The van der Waals surface area contributed by atoms with E-state index in [0.717, 1.165) is 11.4 Å². The van der Waals surface area contributed by atoms with Gasteiger partial charge in [0.05, 0.1) is 4.90 Å². The minimum Gasteiger partial charge on any atom is -0.378 e. The Morgan fingerprint density at radius 2 is 1.86 bits per heavy atom. The first-order valence-corrected chi connectivity index (χ1v) is 12.0. The van der Waals surface area contributed by atoms with Crippen molar-refractivity contribution in [2.75, 3.05) is 36.3 Å². The number of amidine groups is 1. The summed E-state index contributed by atoms with van der Waals surface area (Å²) >= 11 is 1.61. The Kier molecular flexibility index (Phi) is 6.49. The maximum atomic E-state index is 12.9. The molecule has 1 atom stereocenters. The summed E-state index contributed by atoms with van der Waals surface area (Å²) in [5.74, 6) is 0.667. The van der Waals surface area contributed by atoms with E-state index in [9.17, 15) is 13.2 Å². The summed E-state index contributed by atoms with van der Waals surface area (Å²) in [6.07, 6.45) is 2.45. The molecule has 2 N–H and O–H groups in total. The lowest BCUT2D eigenvalue weighted by Gasteiger charge is -2.15. The molecule has 2 aromatic rings. The quantitative estimate of drug-likeness (QED) is 0.702. The monoisotopic (exact) mass is 432 g/mol. The van der Waals surface area contributed by atoms with Gasteiger partial charge in [0.2, 0.25) is 5.91 Å². The summed E-state index contributed by atoms with van der Waals surface area (Å²) < 4.78 is 27.1. The number of nitrogens with one attached hydrogen (secondary N) is 2. The van der Waals surface area contributed by atoms with Crippen molar-refractivity contribution in [1.29, 1.82) is 0 Å². The zero-order chi connectivity index (χ0) is 21.0. The minimum absolute atomic E-state index is 0.182. The normalized spacial score (nSPS) is 16.7. The first-order valence-electron chi connectivity index (χ1n) is 9.09. The molecule has 0 radical (unpaired) electrons. The third-order valence-corrected chi connectivity index (χ3v) is 6.54. The Balaban J connectivity index is 1.84. The molecule has 1 amide bonds. The number of fused-ring (bicyclic) bond motifs is 1. The number of carbonyl (C=O) groups is 1. The Morgan fingerprint density at radius 3 is 2.52 bits per heavy atom. The summed E-state index contributed by atoms with van der Waals surface area (Å²) in [7, 11) is 0.253. The molecule has 1 unspecified atom stereocenters. The number of aliphatic imine (C=N–C) groups is 1.